The maximum atomic E-state index is 5.06. The summed E-state index contributed by atoms with van der Waals surface area (Å²) in [5, 5.41) is 0. The van der Waals surface area contributed by atoms with E-state index in [0.29, 0.717) is 26.4 Å². The van der Waals surface area contributed by atoms with Gasteiger partial charge in [-0.05, 0) is 0 Å². The molecular weight excluding hydrogens is 277 g/mol. The first-order chi connectivity index (χ1) is 4.41. The molecule has 0 aliphatic heterocycles. The Balaban J connectivity index is 0. The predicted octanol–water partition coefficient (Wildman–Crippen LogP) is 0.296. The van der Waals surface area contributed by atoms with Gasteiger partial charge in [-0.25, -0.2) is 0 Å². The summed E-state index contributed by atoms with van der Waals surface area (Å²) in [5.41, 5.74) is 0. The van der Waals surface area contributed by atoms with Gasteiger partial charge in [0.2, 0.25) is 0 Å². The zero-order valence-electron chi connectivity index (χ0n) is 6.41. The van der Waals surface area contributed by atoms with Gasteiger partial charge >= 0.3 is 0 Å². The number of methoxy groups -OCH3 is 2. The van der Waals surface area contributed by atoms with E-state index in [1.807, 2.05) is 0 Å². The van der Waals surface area contributed by atoms with Crippen LogP contribution >= 0.6 is 0 Å². The summed E-state index contributed by atoms with van der Waals surface area (Å²) in [6, 6.07) is 0. The maximum Gasteiger partial charge on any atom is 0.0701 e. The van der Waals surface area contributed by atoms with E-state index in [-0.39, 0.29) is 39.9 Å². The quantitative estimate of drug-likeness (QED) is 0.659. The van der Waals surface area contributed by atoms with Crippen LogP contribution in [0.3, 0.4) is 0 Å². The topological polar surface area (TPSA) is 27.7 Å². The van der Waals surface area contributed by atoms with Gasteiger partial charge in [-0.1, -0.05) is 0 Å². The maximum absolute atomic E-state index is 5.06. The molecule has 0 radical (unpaired) electrons. The van der Waals surface area contributed by atoms with Gasteiger partial charge in [-0.2, -0.15) is 0 Å². The smallest absolute Gasteiger partial charge is 0.0701 e. The van der Waals surface area contributed by atoms with Crippen LogP contribution in [0.4, 0.5) is 0 Å². The van der Waals surface area contributed by atoms with Gasteiger partial charge in [0.05, 0.1) is 26.4 Å². The second-order valence-electron chi connectivity index (χ2n) is 1.60. The largest absolute Gasteiger partial charge is 0.382 e. The van der Waals surface area contributed by atoms with Crippen molar-refractivity contribution in [2.75, 3.05) is 40.6 Å². The summed E-state index contributed by atoms with van der Waals surface area (Å²) in [6.45, 7) is 2.62. The van der Waals surface area contributed by atoms with Crippen molar-refractivity contribution < 1.29 is 54.2 Å². The summed E-state index contributed by atoms with van der Waals surface area (Å²) in [7, 11) is 3.30. The Morgan fingerprint density at radius 2 is 1.20 bits per heavy atom. The number of rotatable bonds is 6. The van der Waals surface area contributed by atoms with Gasteiger partial charge in [0, 0.05) is 54.2 Å². The fourth-order valence-electron chi connectivity index (χ4n) is 0.387. The van der Waals surface area contributed by atoms with Gasteiger partial charge < -0.3 is 14.2 Å². The molecule has 0 unspecified atom stereocenters. The number of hydrogen-bond donors (Lipinski definition) is 0. The Kier molecular flexibility index (Phi) is 17.7. The molecular formula is C6H14GdO3. The Labute approximate surface area is 94.1 Å². The van der Waals surface area contributed by atoms with E-state index in [2.05, 4.69) is 0 Å². The van der Waals surface area contributed by atoms with E-state index in [4.69, 9.17) is 14.2 Å². The average molecular weight is 291 g/mol. The van der Waals surface area contributed by atoms with E-state index in [9.17, 15) is 0 Å². The van der Waals surface area contributed by atoms with Crippen LogP contribution in [0.5, 0.6) is 0 Å². The van der Waals surface area contributed by atoms with Gasteiger partial charge in [-0.15, -0.1) is 0 Å². The monoisotopic (exact) mass is 292 g/mol. The molecule has 3 nitrogen and oxygen atoms in total. The van der Waals surface area contributed by atoms with Crippen LogP contribution in [-0.4, -0.2) is 40.6 Å². The molecule has 0 aliphatic carbocycles. The molecule has 0 N–H and O–H groups in total. The summed E-state index contributed by atoms with van der Waals surface area (Å²) in [6.07, 6.45) is 0. The van der Waals surface area contributed by atoms with Crippen molar-refractivity contribution in [1.82, 2.24) is 0 Å². The SMILES string of the molecule is COCCOCCOC.[Gd]. The first-order valence-corrected chi connectivity index (χ1v) is 2.97. The summed E-state index contributed by atoms with van der Waals surface area (Å²) < 4.78 is 14.6. The van der Waals surface area contributed by atoms with E-state index >= 15 is 0 Å². The van der Waals surface area contributed by atoms with Crippen molar-refractivity contribution >= 4 is 0 Å². The minimum Gasteiger partial charge on any atom is -0.382 e. The predicted molar refractivity (Wildman–Crippen MR) is 34.6 cm³/mol. The fraction of sp³-hybridized carbons (Fsp3) is 1.00. The van der Waals surface area contributed by atoms with Crippen LogP contribution < -0.4 is 0 Å². The third kappa shape index (κ3) is 11.9. The van der Waals surface area contributed by atoms with Crippen molar-refractivity contribution in [2.24, 2.45) is 0 Å². The van der Waals surface area contributed by atoms with Crippen molar-refractivity contribution in [3.8, 4) is 0 Å². The molecule has 0 heterocycles. The van der Waals surface area contributed by atoms with Crippen LogP contribution in [0.2, 0.25) is 0 Å². The zero-order chi connectivity index (χ0) is 6.95. The first kappa shape index (κ1) is 13.8. The molecule has 0 aliphatic rings. The van der Waals surface area contributed by atoms with E-state index in [1.165, 1.54) is 0 Å². The third-order valence-electron chi connectivity index (χ3n) is 0.864. The van der Waals surface area contributed by atoms with Crippen LogP contribution in [0, 0.1) is 39.9 Å². The average Bonchev–Trinajstić information content (AvgIpc) is 1.89. The summed E-state index contributed by atoms with van der Waals surface area (Å²) in [5.74, 6) is 0. The second-order valence-corrected chi connectivity index (χ2v) is 1.60. The molecule has 0 amide bonds. The van der Waals surface area contributed by atoms with E-state index < -0.39 is 0 Å². The van der Waals surface area contributed by atoms with E-state index in [0.717, 1.165) is 0 Å². The molecule has 4 heteroatoms. The molecule has 0 aromatic rings. The molecule has 0 aromatic carbocycles. The Morgan fingerprint density at radius 3 is 1.50 bits per heavy atom. The Morgan fingerprint density at radius 1 is 0.800 bits per heavy atom. The Bertz CT molecular complexity index is 46.3. The Hall–Kier alpha value is 1.20. The van der Waals surface area contributed by atoms with Crippen LogP contribution in [0.15, 0.2) is 0 Å². The van der Waals surface area contributed by atoms with Crippen LogP contribution in [0.25, 0.3) is 0 Å². The van der Waals surface area contributed by atoms with Crippen molar-refractivity contribution in [1.29, 1.82) is 0 Å². The minimum atomic E-state index is 0. The molecule has 0 fully saturated rings. The first-order valence-electron chi connectivity index (χ1n) is 2.97. The van der Waals surface area contributed by atoms with Crippen LogP contribution in [0.1, 0.15) is 0 Å². The normalized spacial score (nSPS) is 9.00. The van der Waals surface area contributed by atoms with Crippen molar-refractivity contribution in [3.63, 3.8) is 0 Å². The van der Waals surface area contributed by atoms with E-state index in [1.54, 1.807) is 14.2 Å². The van der Waals surface area contributed by atoms with Crippen molar-refractivity contribution in [3.05, 3.63) is 0 Å². The molecule has 0 spiro atoms. The van der Waals surface area contributed by atoms with Gasteiger partial charge in [-0.3, -0.25) is 0 Å². The molecule has 64 valence electrons. The molecule has 0 saturated carbocycles. The molecule has 0 saturated heterocycles. The van der Waals surface area contributed by atoms with Crippen LogP contribution in [-0.2, 0) is 14.2 Å². The minimum absolute atomic E-state index is 0. The van der Waals surface area contributed by atoms with Crippen molar-refractivity contribution in [2.45, 2.75) is 0 Å². The zero-order valence-corrected chi connectivity index (χ0v) is 8.68. The number of hydrogen-bond acceptors (Lipinski definition) is 3. The summed E-state index contributed by atoms with van der Waals surface area (Å²) in [4.78, 5) is 0. The van der Waals surface area contributed by atoms with Gasteiger partial charge in [0.1, 0.15) is 0 Å². The molecule has 0 bridgehead atoms. The number of ether oxygens (including phenoxy) is 3. The molecule has 0 aromatic heterocycles. The molecule has 0 atom stereocenters. The molecule has 0 rings (SSSR count). The second kappa shape index (κ2) is 12.8. The third-order valence-corrected chi connectivity index (χ3v) is 0.864. The standard InChI is InChI=1S/C6H14O3.Gd/c1-7-3-5-9-6-4-8-2;/h3-6H2,1-2H3;. The summed E-state index contributed by atoms with van der Waals surface area (Å²) >= 11 is 0. The fourth-order valence-corrected chi connectivity index (χ4v) is 0.387. The molecule has 10 heavy (non-hydrogen) atoms. The van der Waals surface area contributed by atoms with Gasteiger partial charge in [0.25, 0.3) is 0 Å². The van der Waals surface area contributed by atoms with Gasteiger partial charge in [0.15, 0.2) is 0 Å².